The molecule has 0 aliphatic rings. The highest BCUT2D eigenvalue weighted by Gasteiger charge is 2.06. The first-order chi connectivity index (χ1) is 13.3. The highest BCUT2D eigenvalue weighted by molar-refractivity contribution is 5.60. The van der Waals surface area contributed by atoms with Gasteiger partial charge in [-0.2, -0.15) is 5.10 Å². The van der Waals surface area contributed by atoms with Crippen LogP contribution in [-0.4, -0.2) is 16.8 Å². The molecule has 0 bridgehead atoms. The molecule has 0 spiro atoms. The molecule has 0 unspecified atom stereocenters. The van der Waals surface area contributed by atoms with Crippen LogP contribution in [0.1, 0.15) is 38.3 Å². The minimum atomic E-state index is 0.389. The van der Waals surface area contributed by atoms with Gasteiger partial charge in [0.25, 0.3) is 0 Å². The Hall–Kier alpha value is -2.95. The van der Waals surface area contributed by atoms with Gasteiger partial charge < -0.3 is 15.2 Å². The number of benzene rings is 2. The Balaban J connectivity index is 1.52. The fourth-order valence-corrected chi connectivity index (χ4v) is 2.79. The smallest absolute Gasteiger partial charge is 0.142 e. The Kier molecular flexibility index (Phi) is 6.74. The van der Waals surface area contributed by atoms with Crippen molar-refractivity contribution < 1.29 is 9.47 Å². The number of nitrogens with two attached hydrogens (primary N) is 1. The number of hydrogen-bond donors (Lipinski definition) is 2. The molecule has 5 heteroatoms. The van der Waals surface area contributed by atoms with E-state index in [4.69, 9.17) is 15.2 Å². The predicted molar refractivity (Wildman–Crippen MR) is 109 cm³/mol. The second-order valence-electron chi connectivity index (χ2n) is 6.54. The molecular formula is C22H27N3O2. The predicted octanol–water partition coefficient (Wildman–Crippen LogP) is 5.20. The van der Waals surface area contributed by atoms with Crippen LogP contribution in [0.3, 0.4) is 0 Å². The van der Waals surface area contributed by atoms with Crippen molar-refractivity contribution in [1.29, 1.82) is 0 Å². The second-order valence-corrected chi connectivity index (χ2v) is 6.54. The molecule has 142 valence electrons. The maximum absolute atomic E-state index is 5.89. The summed E-state index contributed by atoms with van der Waals surface area (Å²) in [5.41, 5.74) is 9.33. The Bertz CT molecular complexity index is 828. The number of rotatable bonds is 10. The lowest BCUT2D eigenvalue weighted by Crippen LogP contribution is -1.98. The minimum Gasteiger partial charge on any atom is -0.494 e. The number of ether oxygens (including phenoxy) is 2. The van der Waals surface area contributed by atoms with Crippen LogP contribution in [0.25, 0.3) is 11.3 Å². The molecule has 5 nitrogen and oxygen atoms in total. The number of hydrogen-bond acceptors (Lipinski definition) is 4. The quantitative estimate of drug-likeness (QED) is 0.383. The molecule has 0 aliphatic heterocycles. The first kappa shape index (κ1) is 18.8. The van der Waals surface area contributed by atoms with Crippen molar-refractivity contribution >= 4 is 5.69 Å². The zero-order valence-electron chi connectivity index (χ0n) is 15.8. The Morgan fingerprint density at radius 2 is 1.78 bits per heavy atom. The summed E-state index contributed by atoms with van der Waals surface area (Å²) in [4.78, 5) is 0. The molecule has 27 heavy (non-hydrogen) atoms. The van der Waals surface area contributed by atoms with Crippen molar-refractivity contribution in [2.45, 2.75) is 39.2 Å². The zero-order chi connectivity index (χ0) is 18.9. The third-order valence-electron chi connectivity index (χ3n) is 4.35. The van der Waals surface area contributed by atoms with Gasteiger partial charge >= 0.3 is 0 Å². The van der Waals surface area contributed by atoms with Crippen LogP contribution >= 0.6 is 0 Å². The van der Waals surface area contributed by atoms with E-state index < -0.39 is 0 Å². The van der Waals surface area contributed by atoms with E-state index in [0.717, 1.165) is 35.7 Å². The fraction of sp³-hybridized carbons (Fsp3) is 0.318. The number of nitrogens with one attached hydrogen (secondary N) is 1. The number of para-hydroxylation sites is 2. The molecule has 0 radical (unpaired) electrons. The molecule has 0 fully saturated rings. The molecule has 3 rings (SSSR count). The van der Waals surface area contributed by atoms with E-state index in [1.165, 1.54) is 19.3 Å². The Labute approximate surface area is 160 Å². The van der Waals surface area contributed by atoms with Crippen LogP contribution in [0.15, 0.2) is 54.6 Å². The normalized spacial score (nSPS) is 10.7. The molecule has 3 N–H and O–H groups in total. The fourth-order valence-electron chi connectivity index (χ4n) is 2.79. The van der Waals surface area contributed by atoms with E-state index >= 15 is 0 Å². The number of nitrogen functional groups attached to an aromatic ring is 1. The molecule has 0 saturated carbocycles. The lowest BCUT2D eigenvalue weighted by molar-refractivity contribution is 0.303. The van der Waals surface area contributed by atoms with Crippen molar-refractivity contribution in [2.24, 2.45) is 0 Å². The van der Waals surface area contributed by atoms with E-state index in [2.05, 4.69) is 17.1 Å². The molecule has 0 aliphatic carbocycles. The SMILES string of the molecule is CCCCCCOc1ccc(-c2cc(COc3ccccc3N)[nH]n2)cc1. The van der Waals surface area contributed by atoms with Gasteiger partial charge in [0.05, 0.1) is 23.7 Å². The van der Waals surface area contributed by atoms with Crippen molar-refractivity contribution in [3.63, 3.8) is 0 Å². The van der Waals surface area contributed by atoms with E-state index in [-0.39, 0.29) is 0 Å². The zero-order valence-corrected chi connectivity index (χ0v) is 15.8. The summed E-state index contributed by atoms with van der Waals surface area (Å²) < 4.78 is 11.5. The number of anilines is 1. The average Bonchev–Trinajstić information content (AvgIpc) is 3.17. The topological polar surface area (TPSA) is 73.2 Å². The number of H-pyrrole nitrogens is 1. The van der Waals surface area contributed by atoms with Gasteiger partial charge in [0.2, 0.25) is 0 Å². The van der Waals surface area contributed by atoms with Crippen molar-refractivity contribution in [2.75, 3.05) is 12.3 Å². The summed E-state index contributed by atoms with van der Waals surface area (Å²) in [5.74, 6) is 1.57. The van der Waals surface area contributed by atoms with E-state index in [0.29, 0.717) is 18.0 Å². The molecule has 3 aromatic rings. The van der Waals surface area contributed by atoms with Crippen LogP contribution in [0.4, 0.5) is 5.69 Å². The van der Waals surface area contributed by atoms with E-state index in [1.54, 1.807) is 0 Å². The van der Waals surface area contributed by atoms with Gasteiger partial charge in [0, 0.05) is 5.56 Å². The first-order valence-corrected chi connectivity index (χ1v) is 9.51. The molecule has 2 aromatic carbocycles. The van der Waals surface area contributed by atoms with Gasteiger partial charge in [0.15, 0.2) is 0 Å². The second kappa shape index (κ2) is 9.67. The molecule has 1 heterocycles. The molecule has 0 amide bonds. The van der Waals surface area contributed by atoms with Crippen molar-refractivity contribution in [3.8, 4) is 22.8 Å². The monoisotopic (exact) mass is 365 g/mol. The summed E-state index contributed by atoms with van der Waals surface area (Å²) in [6.07, 6.45) is 4.83. The van der Waals surface area contributed by atoms with Gasteiger partial charge in [-0.05, 0) is 48.9 Å². The molecular weight excluding hydrogens is 338 g/mol. The standard InChI is InChI=1S/C22H27N3O2/c1-2-3-4-7-14-26-19-12-10-17(11-13-19)21-15-18(24-25-21)16-27-22-9-6-5-8-20(22)23/h5-6,8-13,15H,2-4,7,14,16,23H2,1H3,(H,24,25). The maximum Gasteiger partial charge on any atom is 0.142 e. The molecule has 1 aromatic heterocycles. The van der Waals surface area contributed by atoms with Crippen LogP contribution in [0.5, 0.6) is 11.5 Å². The third kappa shape index (κ3) is 5.51. The van der Waals surface area contributed by atoms with Crippen LogP contribution < -0.4 is 15.2 Å². The van der Waals surface area contributed by atoms with Crippen LogP contribution in [-0.2, 0) is 6.61 Å². The van der Waals surface area contributed by atoms with Gasteiger partial charge in [-0.1, -0.05) is 38.3 Å². The number of aromatic nitrogens is 2. The van der Waals surface area contributed by atoms with E-state index in [1.807, 2.05) is 54.6 Å². The van der Waals surface area contributed by atoms with Gasteiger partial charge in [0.1, 0.15) is 18.1 Å². The van der Waals surface area contributed by atoms with Crippen molar-refractivity contribution in [1.82, 2.24) is 10.2 Å². The highest BCUT2D eigenvalue weighted by Crippen LogP contribution is 2.24. The minimum absolute atomic E-state index is 0.389. The van der Waals surface area contributed by atoms with Crippen molar-refractivity contribution in [3.05, 3.63) is 60.3 Å². The number of unbranched alkanes of at least 4 members (excludes halogenated alkanes) is 3. The van der Waals surface area contributed by atoms with Gasteiger partial charge in [-0.25, -0.2) is 0 Å². The largest absolute Gasteiger partial charge is 0.494 e. The average molecular weight is 365 g/mol. The Morgan fingerprint density at radius 1 is 0.963 bits per heavy atom. The first-order valence-electron chi connectivity index (χ1n) is 9.51. The molecule has 0 saturated heterocycles. The van der Waals surface area contributed by atoms with E-state index in [9.17, 15) is 0 Å². The number of nitrogens with zero attached hydrogens (tertiary/aromatic N) is 1. The summed E-state index contributed by atoms with van der Waals surface area (Å²) in [7, 11) is 0. The van der Waals surface area contributed by atoms with Gasteiger partial charge in [-0.3, -0.25) is 5.10 Å². The molecule has 0 atom stereocenters. The lowest BCUT2D eigenvalue weighted by atomic mass is 10.1. The number of aromatic amines is 1. The maximum atomic E-state index is 5.89. The third-order valence-corrected chi connectivity index (χ3v) is 4.35. The summed E-state index contributed by atoms with van der Waals surface area (Å²) in [6.45, 7) is 3.37. The van der Waals surface area contributed by atoms with Crippen LogP contribution in [0.2, 0.25) is 0 Å². The van der Waals surface area contributed by atoms with Crippen LogP contribution in [0, 0.1) is 0 Å². The van der Waals surface area contributed by atoms with Gasteiger partial charge in [-0.15, -0.1) is 0 Å². The highest BCUT2D eigenvalue weighted by atomic mass is 16.5. The Morgan fingerprint density at radius 3 is 2.56 bits per heavy atom. The summed E-state index contributed by atoms with van der Waals surface area (Å²) >= 11 is 0. The lowest BCUT2D eigenvalue weighted by Gasteiger charge is -2.06. The summed E-state index contributed by atoms with van der Waals surface area (Å²) in [5, 5.41) is 7.38. The summed E-state index contributed by atoms with van der Waals surface area (Å²) in [6, 6.07) is 17.5.